The average Bonchev–Trinajstić information content (AvgIpc) is 3.45. The summed E-state index contributed by atoms with van der Waals surface area (Å²) < 4.78 is 13.2. The molecule has 154 valence electrons. The number of anilines is 2. The summed E-state index contributed by atoms with van der Waals surface area (Å²) in [7, 11) is 0. The topological polar surface area (TPSA) is 94.4 Å². The SMILES string of the molecule is O=C(c1cn(-c2cc(Nc3ccccc3)ncn2)cn1)N1CCC2(CC1)OCCO2. The van der Waals surface area contributed by atoms with Gasteiger partial charge >= 0.3 is 0 Å². The smallest absolute Gasteiger partial charge is 0.274 e. The average molecular weight is 406 g/mol. The maximum absolute atomic E-state index is 12.9. The van der Waals surface area contributed by atoms with Crippen molar-refractivity contribution in [3.8, 4) is 5.82 Å². The van der Waals surface area contributed by atoms with Crippen molar-refractivity contribution in [2.45, 2.75) is 18.6 Å². The van der Waals surface area contributed by atoms with E-state index >= 15 is 0 Å². The van der Waals surface area contributed by atoms with Crippen LogP contribution in [-0.4, -0.2) is 62.4 Å². The van der Waals surface area contributed by atoms with Crippen LogP contribution in [0.2, 0.25) is 0 Å². The predicted octanol–water partition coefficient (Wildman–Crippen LogP) is 2.38. The minimum Gasteiger partial charge on any atom is -0.347 e. The van der Waals surface area contributed by atoms with E-state index in [4.69, 9.17) is 9.47 Å². The van der Waals surface area contributed by atoms with Crippen molar-refractivity contribution in [3.63, 3.8) is 0 Å². The molecule has 0 unspecified atom stereocenters. The maximum Gasteiger partial charge on any atom is 0.274 e. The molecule has 5 rings (SSSR count). The molecule has 0 bridgehead atoms. The van der Waals surface area contributed by atoms with Gasteiger partial charge in [-0.3, -0.25) is 9.36 Å². The molecule has 0 radical (unpaired) electrons. The Morgan fingerprint density at radius 1 is 1.03 bits per heavy atom. The summed E-state index contributed by atoms with van der Waals surface area (Å²) in [6.45, 7) is 2.42. The van der Waals surface area contributed by atoms with Crippen LogP contribution in [-0.2, 0) is 9.47 Å². The number of amides is 1. The first-order chi connectivity index (χ1) is 14.7. The minimum atomic E-state index is -0.501. The number of carbonyl (C=O) groups excluding carboxylic acids is 1. The molecule has 2 saturated heterocycles. The first-order valence-electron chi connectivity index (χ1n) is 9.97. The Balaban J connectivity index is 1.27. The van der Waals surface area contributed by atoms with Crippen molar-refractivity contribution in [3.05, 3.63) is 60.9 Å². The van der Waals surface area contributed by atoms with Gasteiger partial charge in [-0.15, -0.1) is 0 Å². The monoisotopic (exact) mass is 406 g/mol. The Labute approximate surface area is 173 Å². The predicted molar refractivity (Wildman–Crippen MR) is 109 cm³/mol. The molecule has 3 aromatic rings. The molecular weight excluding hydrogens is 384 g/mol. The van der Waals surface area contributed by atoms with Crippen LogP contribution < -0.4 is 5.32 Å². The zero-order chi connectivity index (χ0) is 20.4. The van der Waals surface area contributed by atoms with Gasteiger partial charge in [0.25, 0.3) is 5.91 Å². The van der Waals surface area contributed by atoms with Gasteiger partial charge in [-0.2, -0.15) is 0 Å². The van der Waals surface area contributed by atoms with Crippen LogP contribution in [0.25, 0.3) is 5.82 Å². The number of nitrogens with one attached hydrogen (secondary N) is 1. The highest BCUT2D eigenvalue weighted by atomic mass is 16.7. The standard InChI is InChI=1S/C21H22N6O3/c28-20(26-8-6-21(7-9-26)29-10-11-30-21)17-13-27(15-24-17)19-12-18(22-14-23-19)25-16-4-2-1-3-5-16/h1-5,12-15H,6-11H2,(H,22,23,25). The highest BCUT2D eigenvalue weighted by Crippen LogP contribution is 2.31. The van der Waals surface area contributed by atoms with Crippen LogP contribution in [0.1, 0.15) is 23.3 Å². The summed E-state index contributed by atoms with van der Waals surface area (Å²) in [4.78, 5) is 27.5. The number of aromatic nitrogens is 4. The second kappa shape index (κ2) is 7.85. The normalized spacial score (nSPS) is 17.9. The summed E-state index contributed by atoms with van der Waals surface area (Å²) in [6, 6.07) is 11.6. The van der Waals surface area contributed by atoms with Crippen LogP contribution in [0.15, 0.2) is 55.2 Å². The Kier molecular flexibility index (Phi) is 4.89. The van der Waals surface area contributed by atoms with Gasteiger partial charge in [0.05, 0.1) is 13.2 Å². The molecule has 9 nitrogen and oxygen atoms in total. The number of para-hydroxylation sites is 1. The number of nitrogens with zero attached hydrogens (tertiary/aromatic N) is 5. The van der Waals surface area contributed by atoms with E-state index in [9.17, 15) is 4.79 Å². The van der Waals surface area contributed by atoms with E-state index in [2.05, 4.69) is 20.3 Å². The number of likely N-dealkylation sites (tertiary alicyclic amines) is 1. The summed E-state index contributed by atoms with van der Waals surface area (Å²) in [6.07, 6.45) is 6.13. The fourth-order valence-electron chi connectivity index (χ4n) is 3.78. The number of imidazole rings is 1. The zero-order valence-electron chi connectivity index (χ0n) is 16.4. The lowest BCUT2D eigenvalue weighted by molar-refractivity contribution is -0.181. The number of rotatable bonds is 4. The molecule has 30 heavy (non-hydrogen) atoms. The molecule has 1 aromatic carbocycles. The Bertz CT molecular complexity index is 1020. The van der Waals surface area contributed by atoms with E-state index < -0.39 is 5.79 Å². The molecule has 1 amide bonds. The first-order valence-corrected chi connectivity index (χ1v) is 9.97. The van der Waals surface area contributed by atoms with Crippen molar-refractivity contribution >= 4 is 17.4 Å². The Morgan fingerprint density at radius 2 is 1.80 bits per heavy atom. The van der Waals surface area contributed by atoms with Gasteiger partial charge in [0.15, 0.2) is 5.79 Å². The second-order valence-electron chi connectivity index (χ2n) is 7.32. The highest BCUT2D eigenvalue weighted by molar-refractivity contribution is 5.92. The van der Waals surface area contributed by atoms with E-state index in [1.165, 1.54) is 6.33 Å². The van der Waals surface area contributed by atoms with Crippen molar-refractivity contribution < 1.29 is 14.3 Å². The first kappa shape index (κ1) is 18.7. The summed E-state index contributed by atoms with van der Waals surface area (Å²) in [5.41, 5.74) is 1.32. The molecule has 9 heteroatoms. The van der Waals surface area contributed by atoms with E-state index in [0.717, 1.165) is 5.69 Å². The maximum atomic E-state index is 12.9. The molecule has 1 N–H and O–H groups in total. The highest BCUT2D eigenvalue weighted by Gasteiger charge is 2.41. The molecule has 4 heterocycles. The number of benzene rings is 1. The Morgan fingerprint density at radius 3 is 2.57 bits per heavy atom. The fraction of sp³-hybridized carbons (Fsp3) is 0.333. The van der Waals surface area contributed by atoms with Crippen molar-refractivity contribution in [1.82, 2.24) is 24.4 Å². The largest absolute Gasteiger partial charge is 0.347 e. The fourth-order valence-corrected chi connectivity index (χ4v) is 3.78. The van der Waals surface area contributed by atoms with Crippen molar-refractivity contribution in [2.24, 2.45) is 0 Å². The van der Waals surface area contributed by atoms with Crippen LogP contribution in [0.4, 0.5) is 11.5 Å². The van der Waals surface area contributed by atoms with Gasteiger partial charge in [0.2, 0.25) is 0 Å². The van der Waals surface area contributed by atoms with E-state index in [-0.39, 0.29) is 5.91 Å². The van der Waals surface area contributed by atoms with Gasteiger partial charge in [-0.25, -0.2) is 15.0 Å². The molecule has 0 atom stereocenters. The minimum absolute atomic E-state index is 0.0988. The van der Waals surface area contributed by atoms with Gasteiger partial charge in [-0.05, 0) is 12.1 Å². The van der Waals surface area contributed by atoms with Crippen LogP contribution in [0, 0.1) is 0 Å². The van der Waals surface area contributed by atoms with Crippen molar-refractivity contribution in [2.75, 3.05) is 31.6 Å². The summed E-state index contributed by atoms with van der Waals surface area (Å²) in [5.74, 6) is 0.684. The quantitative estimate of drug-likeness (QED) is 0.711. The van der Waals surface area contributed by atoms with Gasteiger partial charge in [-0.1, -0.05) is 18.2 Å². The molecule has 2 aromatic heterocycles. The van der Waals surface area contributed by atoms with Gasteiger partial charge in [0, 0.05) is 43.9 Å². The molecule has 0 saturated carbocycles. The lowest BCUT2D eigenvalue weighted by atomic mass is 10.0. The van der Waals surface area contributed by atoms with Gasteiger partial charge in [0.1, 0.15) is 30.0 Å². The summed E-state index contributed by atoms with van der Waals surface area (Å²) in [5, 5.41) is 3.24. The van der Waals surface area contributed by atoms with Gasteiger partial charge < -0.3 is 19.7 Å². The third-order valence-electron chi connectivity index (χ3n) is 5.39. The zero-order valence-corrected chi connectivity index (χ0v) is 16.4. The number of carbonyl (C=O) groups is 1. The summed E-state index contributed by atoms with van der Waals surface area (Å²) >= 11 is 0. The number of piperidine rings is 1. The van der Waals surface area contributed by atoms with Crippen LogP contribution in [0.3, 0.4) is 0 Å². The van der Waals surface area contributed by atoms with Crippen LogP contribution >= 0.6 is 0 Å². The molecule has 1 spiro atoms. The molecule has 2 aliphatic heterocycles. The molecular formula is C21H22N6O3. The lowest BCUT2D eigenvalue weighted by Gasteiger charge is -2.37. The number of hydrogen-bond donors (Lipinski definition) is 1. The van der Waals surface area contributed by atoms with E-state index in [1.54, 1.807) is 22.0 Å². The van der Waals surface area contributed by atoms with E-state index in [1.807, 2.05) is 36.4 Å². The number of hydrogen-bond acceptors (Lipinski definition) is 7. The molecule has 2 fully saturated rings. The third-order valence-corrected chi connectivity index (χ3v) is 5.39. The van der Waals surface area contributed by atoms with Crippen LogP contribution in [0.5, 0.6) is 0 Å². The second-order valence-corrected chi connectivity index (χ2v) is 7.32. The number of ether oxygens (including phenoxy) is 2. The van der Waals surface area contributed by atoms with E-state index in [0.29, 0.717) is 56.5 Å². The molecule has 0 aliphatic carbocycles. The Hall–Kier alpha value is -3.30. The van der Waals surface area contributed by atoms with Crippen molar-refractivity contribution in [1.29, 1.82) is 0 Å². The third kappa shape index (κ3) is 3.77. The lowest BCUT2D eigenvalue weighted by Crippen LogP contribution is -2.47. The molecule has 2 aliphatic rings.